The van der Waals surface area contributed by atoms with Crippen molar-refractivity contribution in [2.24, 2.45) is 5.92 Å². The highest BCUT2D eigenvalue weighted by molar-refractivity contribution is 5.31. The van der Waals surface area contributed by atoms with Crippen molar-refractivity contribution in [3.05, 3.63) is 34.9 Å². The lowest BCUT2D eigenvalue weighted by atomic mass is 9.82. The zero-order valence-corrected chi connectivity index (χ0v) is 12.8. The van der Waals surface area contributed by atoms with Crippen molar-refractivity contribution in [3.63, 3.8) is 0 Å². The molecule has 1 aromatic carbocycles. The molecule has 19 heavy (non-hydrogen) atoms. The van der Waals surface area contributed by atoms with Crippen LogP contribution in [0.5, 0.6) is 0 Å². The first-order valence-electron chi connectivity index (χ1n) is 7.96. The standard InChI is InChI=1S/C18H29N/c1-14-11-15(2)13-17(12-14)18(19-3)16-9-7-5-4-6-8-10-16/h11-13,16,18-19H,4-10H2,1-3H3. The number of rotatable bonds is 3. The van der Waals surface area contributed by atoms with E-state index in [0.717, 1.165) is 5.92 Å². The molecule has 1 heteroatoms. The van der Waals surface area contributed by atoms with E-state index in [1.807, 2.05) is 0 Å². The monoisotopic (exact) mass is 259 g/mol. The second-order valence-electron chi connectivity index (χ2n) is 6.29. The molecular formula is C18H29N. The molecule has 0 heterocycles. The molecule has 2 rings (SSSR count). The van der Waals surface area contributed by atoms with Crippen LogP contribution in [0.4, 0.5) is 0 Å². The number of hydrogen-bond donors (Lipinski definition) is 1. The summed E-state index contributed by atoms with van der Waals surface area (Å²) in [5, 5.41) is 3.59. The quantitative estimate of drug-likeness (QED) is 0.812. The summed E-state index contributed by atoms with van der Waals surface area (Å²) in [4.78, 5) is 0. The molecule has 0 saturated heterocycles. The van der Waals surface area contributed by atoms with Crippen LogP contribution in [0.25, 0.3) is 0 Å². The second-order valence-corrected chi connectivity index (χ2v) is 6.29. The lowest BCUT2D eigenvalue weighted by molar-refractivity contribution is 0.299. The molecule has 1 aromatic rings. The third-order valence-electron chi connectivity index (χ3n) is 4.54. The molecule has 1 aliphatic carbocycles. The highest BCUT2D eigenvalue weighted by Crippen LogP contribution is 2.33. The van der Waals surface area contributed by atoms with Crippen molar-refractivity contribution < 1.29 is 0 Å². The molecule has 1 saturated carbocycles. The molecule has 1 fully saturated rings. The third-order valence-corrected chi connectivity index (χ3v) is 4.54. The number of aryl methyl sites for hydroxylation is 2. The van der Waals surface area contributed by atoms with Gasteiger partial charge in [-0.3, -0.25) is 0 Å². The molecule has 0 bridgehead atoms. The summed E-state index contributed by atoms with van der Waals surface area (Å²) in [6.07, 6.45) is 9.90. The lowest BCUT2D eigenvalue weighted by Crippen LogP contribution is -2.26. The fourth-order valence-corrected chi connectivity index (χ4v) is 3.69. The number of benzene rings is 1. The molecule has 1 atom stereocenters. The zero-order chi connectivity index (χ0) is 13.7. The van der Waals surface area contributed by atoms with E-state index in [4.69, 9.17) is 0 Å². The first kappa shape index (κ1) is 14.6. The van der Waals surface area contributed by atoms with Gasteiger partial charge in [0, 0.05) is 6.04 Å². The minimum absolute atomic E-state index is 0.539. The minimum atomic E-state index is 0.539. The van der Waals surface area contributed by atoms with Crippen LogP contribution >= 0.6 is 0 Å². The predicted molar refractivity (Wildman–Crippen MR) is 83.5 cm³/mol. The highest BCUT2D eigenvalue weighted by atomic mass is 14.9. The first-order valence-corrected chi connectivity index (χ1v) is 7.96. The Hall–Kier alpha value is -0.820. The fraction of sp³-hybridized carbons (Fsp3) is 0.667. The van der Waals surface area contributed by atoms with Crippen molar-refractivity contribution >= 4 is 0 Å². The van der Waals surface area contributed by atoms with Gasteiger partial charge < -0.3 is 5.32 Å². The van der Waals surface area contributed by atoms with Crippen LogP contribution < -0.4 is 5.32 Å². The predicted octanol–water partition coefficient (Wildman–Crippen LogP) is 4.92. The van der Waals surface area contributed by atoms with Gasteiger partial charge in [-0.2, -0.15) is 0 Å². The minimum Gasteiger partial charge on any atom is -0.313 e. The zero-order valence-electron chi connectivity index (χ0n) is 12.8. The van der Waals surface area contributed by atoms with Crippen molar-refractivity contribution in [2.45, 2.75) is 64.8 Å². The summed E-state index contributed by atoms with van der Waals surface area (Å²) in [6, 6.07) is 7.55. The summed E-state index contributed by atoms with van der Waals surface area (Å²) in [7, 11) is 2.13. The lowest BCUT2D eigenvalue weighted by Gasteiger charge is -2.29. The average molecular weight is 259 g/mol. The summed E-state index contributed by atoms with van der Waals surface area (Å²) in [6.45, 7) is 4.42. The van der Waals surface area contributed by atoms with Crippen molar-refractivity contribution in [1.82, 2.24) is 5.32 Å². The van der Waals surface area contributed by atoms with Gasteiger partial charge in [0.15, 0.2) is 0 Å². The summed E-state index contributed by atoms with van der Waals surface area (Å²) in [5.41, 5.74) is 4.27. The Labute approximate surface area is 118 Å². The fourth-order valence-electron chi connectivity index (χ4n) is 3.69. The van der Waals surface area contributed by atoms with Crippen LogP contribution in [0, 0.1) is 19.8 Å². The van der Waals surface area contributed by atoms with Gasteiger partial charge in [0.2, 0.25) is 0 Å². The summed E-state index contributed by atoms with van der Waals surface area (Å²) < 4.78 is 0. The largest absolute Gasteiger partial charge is 0.313 e. The maximum Gasteiger partial charge on any atom is 0.0346 e. The van der Waals surface area contributed by atoms with Crippen molar-refractivity contribution in [3.8, 4) is 0 Å². The molecule has 0 amide bonds. The third kappa shape index (κ3) is 4.07. The van der Waals surface area contributed by atoms with Crippen molar-refractivity contribution in [2.75, 3.05) is 7.05 Å². The Morgan fingerprint density at radius 1 is 0.895 bits per heavy atom. The molecule has 0 aromatic heterocycles. The van der Waals surface area contributed by atoms with Gasteiger partial charge in [0.25, 0.3) is 0 Å². The Balaban J connectivity index is 2.16. The molecule has 0 radical (unpaired) electrons. The highest BCUT2D eigenvalue weighted by Gasteiger charge is 2.22. The average Bonchev–Trinajstić information content (AvgIpc) is 2.31. The molecule has 1 unspecified atom stereocenters. The van der Waals surface area contributed by atoms with E-state index in [0.29, 0.717) is 6.04 Å². The van der Waals surface area contributed by atoms with E-state index in [1.54, 1.807) is 0 Å². The number of hydrogen-bond acceptors (Lipinski definition) is 1. The second kappa shape index (κ2) is 7.09. The molecule has 1 N–H and O–H groups in total. The molecule has 0 spiro atoms. The number of nitrogens with one attached hydrogen (secondary N) is 1. The van der Waals surface area contributed by atoms with Gasteiger partial charge in [-0.1, -0.05) is 61.4 Å². The van der Waals surface area contributed by atoms with Gasteiger partial charge in [-0.05, 0) is 45.2 Å². The molecule has 1 aliphatic rings. The topological polar surface area (TPSA) is 12.0 Å². The Bertz CT molecular complexity index is 368. The van der Waals surface area contributed by atoms with Crippen LogP contribution in [0.1, 0.15) is 67.7 Å². The Morgan fingerprint density at radius 2 is 1.42 bits per heavy atom. The van der Waals surface area contributed by atoms with Crippen LogP contribution in [-0.4, -0.2) is 7.05 Å². The van der Waals surface area contributed by atoms with Crippen molar-refractivity contribution in [1.29, 1.82) is 0 Å². The van der Waals surface area contributed by atoms with Crippen LogP contribution in [-0.2, 0) is 0 Å². The first-order chi connectivity index (χ1) is 9.20. The summed E-state index contributed by atoms with van der Waals surface area (Å²) >= 11 is 0. The molecule has 0 aliphatic heterocycles. The van der Waals surface area contributed by atoms with Crippen LogP contribution in [0.15, 0.2) is 18.2 Å². The van der Waals surface area contributed by atoms with Gasteiger partial charge in [-0.25, -0.2) is 0 Å². The van der Waals surface area contributed by atoms with E-state index < -0.39 is 0 Å². The van der Waals surface area contributed by atoms with Gasteiger partial charge in [0.05, 0.1) is 0 Å². The van der Waals surface area contributed by atoms with E-state index in [1.165, 1.54) is 61.6 Å². The van der Waals surface area contributed by atoms with Gasteiger partial charge in [-0.15, -0.1) is 0 Å². The normalized spacial score (nSPS) is 19.7. The molecular weight excluding hydrogens is 230 g/mol. The van der Waals surface area contributed by atoms with E-state index in [9.17, 15) is 0 Å². The van der Waals surface area contributed by atoms with Crippen LogP contribution in [0.2, 0.25) is 0 Å². The van der Waals surface area contributed by atoms with E-state index in [-0.39, 0.29) is 0 Å². The Morgan fingerprint density at radius 3 is 1.95 bits per heavy atom. The Kier molecular flexibility index (Phi) is 5.45. The summed E-state index contributed by atoms with van der Waals surface area (Å²) in [5.74, 6) is 0.812. The SMILES string of the molecule is CNC(c1cc(C)cc(C)c1)C1CCCCCCC1. The van der Waals surface area contributed by atoms with E-state index >= 15 is 0 Å². The van der Waals surface area contributed by atoms with Gasteiger partial charge >= 0.3 is 0 Å². The molecule has 1 nitrogen and oxygen atoms in total. The smallest absolute Gasteiger partial charge is 0.0346 e. The maximum atomic E-state index is 3.59. The van der Waals surface area contributed by atoms with Gasteiger partial charge in [0.1, 0.15) is 0 Å². The maximum absolute atomic E-state index is 3.59. The molecule has 106 valence electrons. The van der Waals surface area contributed by atoms with E-state index in [2.05, 4.69) is 44.4 Å². The van der Waals surface area contributed by atoms with Crippen LogP contribution in [0.3, 0.4) is 0 Å².